The van der Waals surface area contributed by atoms with E-state index in [1.807, 2.05) is 60.7 Å². The predicted octanol–water partition coefficient (Wildman–Crippen LogP) is 1.83. The number of hydrogen-bond donors (Lipinski definition) is 3. The standard InChI is InChI=1S/C17H16N4OS/c1-21-15(22)20-16(12-8-4-2-5-9-12)17(21,19-14(23)18-16)13-10-6-3-7-11-13/h2-11H,1H3,(H,20,22)(H2,18,19,23). The molecule has 2 aromatic carbocycles. The van der Waals surface area contributed by atoms with Gasteiger partial charge in [-0.3, -0.25) is 4.90 Å². The van der Waals surface area contributed by atoms with Gasteiger partial charge in [0.2, 0.25) is 0 Å². The van der Waals surface area contributed by atoms with E-state index in [2.05, 4.69) is 16.0 Å². The number of benzene rings is 2. The number of fused-ring (bicyclic) bond motifs is 1. The lowest BCUT2D eigenvalue weighted by Crippen LogP contribution is -2.61. The zero-order valence-electron chi connectivity index (χ0n) is 12.5. The summed E-state index contributed by atoms with van der Waals surface area (Å²) >= 11 is 5.41. The van der Waals surface area contributed by atoms with Crippen molar-refractivity contribution in [2.45, 2.75) is 11.3 Å². The van der Waals surface area contributed by atoms with E-state index in [-0.39, 0.29) is 6.03 Å². The highest BCUT2D eigenvalue weighted by Gasteiger charge is 2.68. The van der Waals surface area contributed by atoms with Crippen molar-refractivity contribution >= 4 is 23.4 Å². The van der Waals surface area contributed by atoms with Crippen LogP contribution < -0.4 is 16.0 Å². The lowest BCUT2D eigenvalue weighted by atomic mass is 9.82. The zero-order valence-corrected chi connectivity index (χ0v) is 13.4. The maximum atomic E-state index is 12.5. The van der Waals surface area contributed by atoms with E-state index < -0.39 is 11.3 Å². The first-order valence-corrected chi connectivity index (χ1v) is 7.78. The lowest BCUT2D eigenvalue weighted by Gasteiger charge is -2.41. The molecule has 2 unspecified atom stereocenters. The number of nitrogens with one attached hydrogen (secondary N) is 3. The second kappa shape index (κ2) is 4.70. The van der Waals surface area contributed by atoms with Gasteiger partial charge < -0.3 is 16.0 Å². The van der Waals surface area contributed by atoms with Gasteiger partial charge in [-0.2, -0.15) is 0 Å². The van der Waals surface area contributed by atoms with Crippen molar-refractivity contribution in [3.8, 4) is 0 Å². The maximum Gasteiger partial charge on any atom is 0.321 e. The van der Waals surface area contributed by atoms with Gasteiger partial charge in [-0.1, -0.05) is 60.7 Å². The minimum atomic E-state index is -0.863. The Bertz CT molecular complexity index is 782. The lowest BCUT2D eigenvalue weighted by molar-refractivity contribution is 0.104. The number of hydrogen-bond acceptors (Lipinski definition) is 2. The summed E-state index contributed by atoms with van der Waals surface area (Å²) < 4.78 is 0. The van der Waals surface area contributed by atoms with Crippen molar-refractivity contribution in [3.63, 3.8) is 0 Å². The van der Waals surface area contributed by atoms with Crippen LogP contribution in [0.25, 0.3) is 0 Å². The highest BCUT2D eigenvalue weighted by atomic mass is 32.1. The molecule has 0 bridgehead atoms. The number of carbonyl (C=O) groups is 1. The normalized spacial score (nSPS) is 28.8. The van der Waals surface area contributed by atoms with Crippen LogP contribution in [0, 0.1) is 0 Å². The summed E-state index contributed by atoms with van der Waals surface area (Å²) in [7, 11) is 1.77. The van der Waals surface area contributed by atoms with E-state index >= 15 is 0 Å². The third-order valence-corrected chi connectivity index (χ3v) is 4.84. The Labute approximate surface area is 139 Å². The van der Waals surface area contributed by atoms with Gasteiger partial charge in [0.15, 0.2) is 16.4 Å². The fourth-order valence-electron chi connectivity index (χ4n) is 3.61. The number of carbonyl (C=O) groups excluding carboxylic acids is 1. The smallest absolute Gasteiger partial charge is 0.321 e. The summed E-state index contributed by atoms with van der Waals surface area (Å²) in [6.45, 7) is 0. The minimum absolute atomic E-state index is 0.166. The zero-order chi connectivity index (χ0) is 16.1. The molecule has 2 aliphatic heterocycles. The summed E-state index contributed by atoms with van der Waals surface area (Å²) in [6.07, 6.45) is 0. The van der Waals surface area contributed by atoms with Gasteiger partial charge in [0.05, 0.1) is 0 Å². The second-order valence-electron chi connectivity index (χ2n) is 5.76. The number of thiocarbonyl (C=S) groups is 1. The molecule has 2 saturated heterocycles. The summed E-state index contributed by atoms with van der Waals surface area (Å²) in [5.41, 5.74) is 0.202. The molecule has 2 heterocycles. The fourth-order valence-corrected chi connectivity index (χ4v) is 3.91. The van der Waals surface area contributed by atoms with E-state index in [1.54, 1.807) is 11.9 Å². The topological polar surface area (TPSA) is 56.4 Å². The van der Waals surface area contributed by atoms with Gasteiger partial charge in [-0.25, -0.2) is 4.79 Å². The number of rotatable bonds is 2. The predicted molar refractivity (Wildman–Crippen MR) is 91.4 cm³/mol. The van der Waals surface area contributed by atoms with E-state index in [4.69, 9.17) is 12.2 Å². The van der Waals surface area contributed by atoms with Gasteiger partial charge in [0.1, 0.15) is 0 Å². The minimum Gasteiger partial charge on any atom is -0.332 e. The number of nitrogens with zero attached hydrogens (tertiary/aromatic N) is 1. The molecule has 4 rings (SSSR count). The molecule has 2 aliphatic rings. The number of likely N-dealkylation sites (N-methyl/N-ethyl adjacent to an activating group) is 1. The van der Waals surface area contributed by atoms with E-state index in [9.17, 15) is 4.79 Å². The van der Waals surface area contributed by atoms with Crippen molar-refractivity contribution in [2.24, 2.45) is 0 Å². The highest BCUT2D eigenvalue weighted by Crippen LogP contribution is 2.47. The van der Waals surface area contributed by atoms with Crippen LogP contribution in [0.5, 0.6) is 0 Å². The van der Waals surface area contributed by atoms with Crippen molar-refractivity contribution in [3.05, 3.63) is 71.8 Å². The molecule has 2 atom stereocenters. The largest absolute Gasteiger partial charge is 0.332 e. The number of urea groups is 1. The molecule has 2 fully saturated rings. The summed E-state index contributed by atoms with van der Waals surface area (Å²) in [6, 6.07) is 19.5. The molecule has 0 aliphatic carbocycles. The van der Waals surface area contributed by atoms with Gasteiger partial charge in [0.25, 0.3) is 0 Å². The molecule has 23 heavy (non-hydrogen) atoms. The Kier molecular flexibility index (Phi) is 2.86. The molecule has 2 aromatic rings. The summed E-state index contributed by atoms with van der Waals surface area (Å²) in [5, 5.41) is 10.2. The Morgan fingerprint density at radius 3 is 2.04 bits per heavy atom. The third-order valence-electron chi connectivity index (χ3n) is 4.64. The average molecular weight is 324 g/mol. The van der Waals surface area contributed by atoms with Crippen LogP contribution in [0.3, 0.4) is 0 Å². The van der Waals surface area contributed by atoms with Crippen LogP contribution in [0.4, 0.5) is 4.79 Å². The van der Waals surface area contributed by atoms with Crippen LogP contribution in [-0.4, -0.2) is 23.1 Å². The molecule has 2 amide bonds. The first kappa shape index (κ1) is 14.0. The fraction of sp³-hybridized carbons (Fsp3) is 0.176. The Hall–Kier alpha value is -2.60. The van der Waals surface area contributed by atoms with Crippen molar-refractivity contribution < 1.29 is 4.79 Å². The Morgan fingerprint density at radius 1 is 0.870 bits per heavy atom. The Balaban J connectivity index is 2.02. The van der Waals surface area contributed by atoms with Gasteiger partial charge in [-0.15, -0.1) is 0 Å². The van der Waals surface area contributed by atoms with E-state index in [0.717, 1.165) is 11.1 Å². The van der Waals surface area contributed by atoms with Crippen molar-refractivity contribution in [1.29, 1.82) is 0 Å². The maximum absolute atomic E-state index is 12.5. The quantitative estimate of drug-likeness (QED) is 0.738. The monoisotopic (exact) mass is 324 g/mol. The molecule has 116 valence electrons. The van der Waals surface area contributed by atoms with Gasteiger partial charge in [-0.05, 0) is 12.2 Å². The van der Waals surface area contributed by atoms with Gasteiger partial charge >= 0.3 is 6.03 Å². The summed E-state index contributed by atoms with van der Waals surface area (Å²) in [4.78, 5) is 14.2. The van der Waals surface area contributed by atoms with E-state index in [0.29, 0.717) is 5.11 Å². The van der Waals surface area contributed by atoms with Crippen molar-refractivity contribution in [2.75, 3.05) is 7.05 Å². The van der Waals surface area contributed by atoms with Gasteiger partial charge in [0, 0.05) is 18.2 Å². The molecule has 5 nitrogen and oxygen atoms in total. The van der Waals surface area contributed by atoms with Crippen LogP contribution in [-0.2, 0) is 11.3 Å². The van der Waals surface area contributed by atoms with Crippen LogP contribution in [0.2, 0.25) is 0 Å². The summed E-state index contributed by atoms with van der Waals surface area (Å²) in [5.74, 6) is 0. The number of amides is 2. The molecule has 0 aromatic heterocycles. The molecular formula is C17H16N4OS. The highest BCUT2D eigenvalue weighted by molar-refractivity contribution is 7.80. The first-order valence-electron chi connectivity index (χ1n) is 7.37. The molecular weight excluding hydrogens is 308 g/mol. The molecule has 0 radical (unpaired) electrons. The second-order valence-corrected chi connectivity index (χ2v) is 6.17. The molecule has 3 N–H and O–H groups in total. The SMILES string of the molecule is CN1C(=O)NC2(c3ccccc3)NC(=S)NC12c1ccccc1. The van der Waals surface area contributed by atoms with Crippen LogP contribution in [0.1, 0.15) is 11.1 Å². The van der Waals surface area contributed by atoms with E-state index in [1.165, 1.54) is 0 Å². The van der Waals surface area contributed by atoms with Crippen LogP contribution in [0.15, 0.2) is 60.7 Å². The Morgan fingerprint density at radius 2 is 1.43 bits per heavy atom. The first-order chi connectivity index (χ1) is 11.1. The third kappa shape index (κ3) is 1.66. The molecule has 0 spiro atoms. The molecule has 0 saturated carbocycles. The average Bonchev–Trinajstić information content (AvgIpc) is 2.99. The van der Waals surface area contributed by atoms with Crippen molar-refractivity contribution in [1.82, 2.24) is 20.9 Å². The van der Waals surface area contributed by atoms with Crippen LogP contribution >= 0.6 is 12.2 Å². The molecule has 6 heteroatoms.